The molecule has 1 aromatic carbocycles. The smallest absolute Gasteiger partial charge is 0.230 e. The number of benzene rings is 1. The maximum absolute atomic E-state index is 12.1. The largest absolute Gasteiger partial charge is 0.324 e. The minimum atomic E-state index is -0.950. The van der Waals surface area contributed by atoms with Crippen LogP contribution in [0, 0.1) is 5.92 Å². The molecule has 4 nitrogen and oxygen atoms in total. The highest BCUT2D eigenvalue weighted by molar-refractivity contribution is 6.52. The summed E-state index contributed by atoms with van der Waals surface area (Å²) >= 11 is 18.0. The van der Waals surface area contributed by atoms with Crippen LogP contribution in [0.15, 0.2) is 36.7 Å². The summed E-state index contributed by atoms with van der Waals surface area (Å²) in [6.07, 6.45) is 3.85. The van der Waals surface area contributed by atoms with Crippen LogP contribution in [0.5, 0.6) is 0 Å². The van der Waals surface area contributed by atoms with E-state index < -0.39 is 10.3 Å². The fourth-order valence-corrected chi connectivity index (χ4v) is 2.74. The number of carbonyl (C=O) groups excluding carboxylic acids is 1. The summed E-state index contributed by atoms with van der Waals surface area (Å²) < 4.78 is 0.647. The number of nitrogens with zero attached hydrogens (tertiary/aromatic N) is 2. The second-order valence-electron chi connectivity index (χ2n) is 4.59. The van der Waals surface area contributed by atoms with Crippen molar-refractivity contribution in [2.45, 2.75) is 10.8 Å². The Labute approximate surface area is 130 Å². The fraction of sp³-hybridized carbons (Fsp3) is 0.231. The number of hydrogen-bond acceptors (Lipinski definition) is 2. The predicted octanol–water partition coefficient (Wildman–Crippen LogP) is 3.66. The summed E-state index contributed by atoms with van der Waals surface area (Å²) in [5, 5.41) is 7.43. The van der Waals surface area contributed by atoms with Gasteiger partial charge in [-0.15, -0.1) is 23.2 Å². The van der Waals surface area contributed by atoms with E-state index in [0.29, 0.717) is 22.8 Å². The maximum Gasteiger partial charge on any atom is 0.230 e. The normalized spacial score (nSPS) is 19.6. The average Bonchev–Trinajstić information content (AvgIpc) is 2.80. The van der Waals surface area contributed by atoms with Crippen molar-refractivity contribution in [3.05, 3.63) is 41.7 Å². The quantitative estimate of drug-likeness (QED) is 0.873. The summed E-state index contributed by atoms with van der Waals surface area (Å²) in [6, 6.07) is 7.02. The third-order valence-corrected chi connectivity index (χ3v) is 4.26. The first kappa shape index (κ1) is 13.7. The molecule has 1 amide bonds. The van der Waals surface area contributed by atoms with E-state index in [2.05, 4.69) is 10.4 Å². The summed E-state index contributed by atoms with van der Waals surface area (Å²) in [5.41, 5.74) is 1.19. The van der Waals surface area contributed by atoms with Gasteiger partial charge in [0.25, 0.3) is 0 Å². The molecule has 0 spiro atoms. The van der Waals surface area contributed by atoms with Gasteiger partial charge in [-0.05, 0) is 24.6 Å². The number of aromatic nitrogens is 2. The van der Waals surface area contributed by atoms with Gasteiger partial charge in [-0.2, -0.15) is 5.10 Å². The second-order valence-corrected chi connectivity index (χ2v) is 6.54. The zero-order chi connectivity index (χ0) is 14.3. The van der Waals surface area contributed by atoms with Gasteiger partial charge >= 0.3 is 0 Å². The molecular weight excluding hydrogens is 321 g/mol. The minimum absolute atomic E-state index is 0.217. The Morgan fingerprint density at radius 3 is 2.75 bits per heavy atom. The van der Waals surface area contributed by atoms with E-state index in [1.807, 2.05) is 0 Å². The Kier molecular flexibility index (Phi) is 3.40. The molecule has 2 aromatic rings. The highest BCUT2D eigenvalue weighted by atomic mass is 35.5. The molecule has 1 aliphatic rings. The van der Waals surface area contributed by atoms with Crippen LogP contribution in [0.3, 0.4) is 0 Å². The van der Waals surface area contributed by atoms with Gasteiger partial charge in [-0.3, -0.25) is 4.79 Å². The molecule has 104 valence electrons. The second kappa shape index (κ2) is 4.95. The van der Waals surface area contributed by atoms with Crippen LogP contribution >= 0.6 is 34.8 Å². The molecule has 1 N–H and O–H groups in total. The lowest BCUT2D eigenvalue weighted by Crippen LogP contribution is -2.18. The summed E-state index contributed by atoms with van der Waals surface area (Å²) in [4.78, 5) is 12.1. The van der Waals surface area contributed by atoms with E-state index in [-0.39, 0.29) is 5.91 Å². The fourth-order valence-electron chi connectivity index (χ4n) is 1.97. The van der Waals surface area contributed by atoms with Crippen molar-refractivity contribution in [2.24, 2.45) is 5.92 Å². The van der Waals surface area contributed by atoms with Crippen molar-refractivity contribution in [1.82, 2.24) is 9.78 Å². The lowest BCUT2D eigenvalue weighted by Gasteiger charge is -2.12. The van der Waals surface area contributed by atoms with Gasteiger partial charge in [-0.1, -0.05) is 17.7 Å². The van der Waals surface area contributed by atoms with Crippen LogP contribution in [-0.2, 0) is 4.79 Å². The number of halogens is 3. The first-order valence-electron chi connectivity index (χ1n) is 5.96. The standard InChI is InChI=1S/C13H10Cl3N3O/c14-9-3-1-4-10(11(9)19-6-2-5-17-19)18-12(20)8-7-13(8,15)16/h1-6,8H,7H2,(H,18,20). The van der Waals surface area contributed by atoms with Crippen molar-refractivity contribution >= 4 is 46.4 Å². The summed E-state index contributed by atoms with van der Waals surface area (Å²) in [7, 11) is 0. The molecule has 1 fully saturated rings. The van der Waals surface area contributed by atoms with Crippen LogP contribution < -0.4 is 5.32 Å². The lowest BCUT2D eigenvalue weighted by atomic mass is 10.2. The van der Waals surface area contributed by atoms with Gasteiger partial charge in [0.05, 0.1) is 16.6 Å². The number of amides is 1. The van der Waals surface area contributed by atoms with Crippen molar-refractivity contribution in [3.8, 4) is 5.69 Å². The number of hydrogen-bond donors (Lipinski definition) is 1. The van der Waals surface area contributed by atoms with E-state index in [1.165, 1.54) is 0 Å². The van der Waals surface area contributed by atoms with E-state index in [4.69, 9.17) is 34.8 Å². The van der Waals surface area contributed by atoms with E-state index in [1.54, 1.807) is 41.3 Å². The van der Waals surface area contributed by atoms with Crippen LogP contribution in [-0.4, -0.2) is 20.0 Å². The van der Waals surface area contributed by atoms with Gasteiger partial charge in [0, 0.05) is 12.4 Å². The Hall–Kier alpha value is -1.23. The van der Waals surface area contributed by atoms with Crippen molar-refractivity contribution in [1.29, 1.82) is 0 Å². The zero-order valence-corrected chi connectivity index (χ0v) is 12.5. The van der Waals surface area contributed by atoms with Crippen molar-refractivity contribution < 1.29 is 4.79 Å². The summed E-state index contributed by atoms with van der Waals surface area (Å²) in [5.74, 6) is -0.610. The summed E-state index contributed by atoms with van der Waals surface area (Å²) in [6.45, 7) is 0. The van der Waals surface area contributed by atoms with Crippen molar-refractivity contribution in [2.75, 3.05) is 5.32 Å². The van der Waals surface area contributed by atoms with E-state index in [9.17, 15) is 4.79 Å². The average molecular weight is 331 g/mol. The molecule has 1 aromatic heterocycles. The molecule has 1 atom stereocenters. The predicted molar refractivity (Wildman–Crippen MR) is 79.7 cm³/mol. The molecular formula is C13H10Cl3N3O. The number of anilines is 1. The van der Waals surface area contributed by atoms with Crippen LogP contribution in [0.1, 0.15) is 6.42 Å². The molecule has 1 aliphatic carbocycles. The van der Waals surface area contributed by atoms with Gasteiger partial charge < -0.3 is 5.32 Å². The highest BCUT2D eigenvalue weighted by Crippen LogP contribution is 2.53. The van der Waals surface area contributed by atoms with Gasteiger partial charge in [0.1, 0.15) is 10.0 Å². The third kappa shape index (κ3) is 2.51. The number of carbonyl (C=O) groups is 1. The number of para-hydroxylation sites is 1. The molecule has 0 saturated heterocycles. The van der Waals surface area contributed by atoms with Gasteiger partial charge in [0.2, 0.25) is 5.91 Å². The first-order valence-corrected chi connectivity index (χ1v) is 7.09. The minimum Gasteiger partial charge on any atom is -0.324 e. The molecule has 0 radical (unpaired) electrons. The Morgan fingerprint density at radius 2 is 2.15 bits per heavy atom. The molecule has 0 bridgehead atoms. The zero-order valence-electron chi connectivity index (χ0n) is 10.2. The molecule has 3 rings (SSSR count). The third-order valence-electron chi connectivity index (χ3n) is 3.12. The van der Waals surface area contributed by atoms with Crippen LogP contribution in [0.25, 0.3) is 5.69 Å². The van der Waals surface area contributed by atoms with Gasteiger partial charge in [0.15, 0.2) is 0 Å². The molecule has 1 unspecified atom stereocenters. The lowest BCUT2D eigenvalue weighted by molar-refractivity contribution is -0.117. The Bertz CT molecular complexity index is 655. The highest BCUT2D eigenvalue weighted by Gasteiger charge is 2.56. The van der Waals surface area contributed by atoms with Crippen LogP contribution in [0.4, 0.5) is 5.69 Å². The van der Waals surface area contributed by atoms with Crippen LogP contribution in [0.2, 0.25) is 5.02 Å². The molecule has 1 saturated carbocycles. The monoisotopic (exact) mass is 329 g/mol. The molecule has 0 aliphatic heterocycles. The van der Waals surface area contributed by atoms with E-state index in [0.717, 1.165) is 0 Å². The van der Waals surface area contributed by atoms with Gasteiger partial charge in [-0.25, -0.2) is 4.68 Å². The SMILES string of the molecule is O=C(Nc1cccc(Cl)c1-n1cccn1)C1CC1(Cl)Cl. The van der Waals surface area contributed by atoms with E-state index >= 15 is 0 Å². The molecule has 7 heteroatoms. The maximum atomic E-state index is 12.1. The van der Waals surface area contributed by atoms with Crippen molar-refractivity contribution in [3.63, 3.8) is 0 Å². The number of nitrogens with one attached hydrogen (secondary N) is 1. The molecule has 1 heterocycles. The Morgan fingerprint density at radius 1 is 1.40 bits per heavy atom. The molecule has 20 heavy (non-hydrogen) atoms. The topological polar surface area (TPSA) is 46.9 Å². The first-order chi connectivity index (χ1) is 9.49. The number of alkyl halides is 2. The number of rotatable bonds is 3. The Balaban J connectivity index is 1.91.